The summed E-state index contributed by atoms with van der Waals surface area (Å²) in [5, 5.41) is 3.07. The van der Waals surface area contributed by atoms with E-state index in [1.165, 1.54) is 20.1 Å². The quantitative estimate of drug-likeness (QED) is 0.636. The van der Waals surface area contributed by atoms with Crippen LogP contribution in [-0.4, -0.2) is 31.9 Å². The molecule has 1 aromatic heterocycles. The predicted octanol–water partition coefficient (Wildman–Crippen LogP) is 2.41. The summed E-state index contributed by atoms with van der Waals surface area (Å²) < 4.78 is 2.74. The third-order valence-corrected chi connectivity index (χ3v) is 6.45. The Balaban J connectivity index is 1.73. The van der Waals surface area contributed by atoms with Gasteiger partial charge in [-0.15, -0.1) is 0 Å². The SMILES string of the molecule is Cc1cccc([Se]c2ccccc2)c1CC(C)NC(=O)c1ccccn1. The van der Waals surface area contributed by atoms with Crippen LogP contribution in [0.5, 0.6) is 0 Å². The zero-order chi connectivity index (χ0) is 18.4. The van der Waals surface area contributed by atoms with Crippen molar-refractivity contribution in [2.45, 2.75) is 26.3 Å². The zero-order valence-corrected chi connectivity index (χ0v) is 16.7. The van der Waals surface area contributed by atoms with Crippen molar-refractivity contribution in [2.75, 3.05) is 0 Å². The van der Waals surface area contributed by atoms with Crippen LogP contribution in [0.3, 0.4) is 0 Å². The van der Waals surface area contributed by atoms with Crippen molar-refractivity contribution in [1.82, 2.24) is 10.3 Å². The zero-order valence-electron chi connectivity index (χ0n) is 15.0. The van der Waals surface area contributed by atoms with Gasteiger partial charge < -0.3 is 0 Å². The molecule has 1 N–H and O–H groups in total. The summed E-state index contributed by atoms with van der Waals surface area (Å²) in [6, 6.07) is 22.5. The van der Waals surface area contributed by atoms with E-state index in [1.54, 1.807) is 12.3 Å². The number of benzene rings is 2. The molecule has 0 spiro atoms. The maximum absolute atomic E-state index is 12.3. The van der Waals surface area contributed by atoms with Gasteiger partial charge >= 0.3 is 161 Å². The molecule has 1 amide bonds. The summed E-state index contributed by atoms with van der Waals surface area (Å²) in [7, 11) is 0. The minimum atomic E-state index is -0.123. The van der Waals surface area contributed by atoms with Gasteiger partial charge in [-0.05, 0) is 0 Å². The standard InChI is InChI=1S/C22H22N2OSe/c1-16-9-8-13-21(26-18-10-4-3-5-11-18)19(16)15-17(2)24-22(25)20-12-6-7-14-23-20/h3-14,17H,15H2,1-2H3,(H,24,25). The summed E-state index contributed by atoms with van der Waals surface area (Å²) in [6.45, 7) is 4.19. The first-order chi connectivity index (χ1) is 12.6. The third-order valence-electron chi connectivity index (χ3n) is 4.12. The Morgan fingerprint density at radius 1 is 1.04 bits per heavy atom. The molecule has 0 saturated carbocycles. The second kappa shape index (κ2) is 8.79. The molecule has 3 aromatic rings. The summed E-state index contributed by atoms with van der Waals surface area (Å²) in [5.41, 5.74) is 3.07. The van der Waals surface area contributed by atoms with Crippen LogP contribution in [0.2, 0.25) is 0 Å². The van der Waals surface area contributed by atoms with Crippen molar-refractivity contribution >= 4 is 29.8 Å². The van der Waals surface area contributed by atoms with Crippen LogP contribution in [0.25, 0.3) is 0 Å². The van der Waals surface area contributed by atoms with Gasteiger partial charge in [0.1, 0.15) is 0 Å². The summed E-state index contributed by atoms with van der Waals surface area (Å²) in [6.07, 6.45) is 2.45. The van der Waals surface area contributed by atoms with Crippen LogP contribution in [0.4, 0.5) is 0 Å². The number of hydrogen-bond acceptors (Lipinski definition) is 2. The molecular formula is C22H22N2OSe. The van der Waals surface area contributed by atoms with E-state index < -0.39 is 0 Å². The Labute approximate surface area is 161 Å². The number of amides is 1. The molecule has 0 radical (unpaired) electrons. The van der Waals surface area contributed by atoms with Crippen molar-refractivity contribution < 1.29 is 4.79 Å². The minimum absolute atomic E-state index is 0.0379. The molecule has 0 saturated heterocycles. The molecule has 1 atom stereocenters. The maximum atomic E-state index is 12.3. The Bertz CT molecular complexity index is 866. The van der Waals surface area contributed by atoms with E-state index in [0.717, 1.165) is 6.42 Å². The first-order valence-electron chi connectivity index (χ1n) is 8.67. The average Bonchev–Trinajstić information content (AvgIpc) is 2.66. The molecule has 0 aliphatic rings. The van der Waals surface area contributed by atoms with E-state index in [2.05, 4.69) is 59.7 Å². The molecule has 3 rings (SSSR count). The summed E-state index contributed by atoms with van der Waals surface area (Å²) in [4.78, 5) is 16.5. The normalized spacial score (nSPS) is 11.8. The number of nitrogens with zero attached hydrogens (tertiary/aromatic N) is 1. The molecule has 1 unspecified atom stereocenters. The monoisotopic (exact) mass is 410 g/mol. The fourth-order valence-electron chi connectivity index (χ4n) is 2.80. The molecular weight excluding hydrogens is 387 g/mol. The summed E-state index contributed by atoms with van der Waals surface area (Å²) >= 11 is 0.257. The second-order valence-electron chi connectivity index (χ2n) is 6.26. The van der Waals surface area contributed by atoms with Crippen molar-refractivity contribution in [3.8, 4) is 0 Å². The van der Waals surface area contributed by atoms with Crippen LogP contribution in [0.15, 0.2) is 72.9 Å². The Kier molecular flexibility index (Phi) is 6.21. The number of carbonyl (C=O) groups excluding carboxylic acids is 1. The fourth-order valence-corrected chi connectivity index (χ4v) is 5.03. The Morgan fingerprint density at radius 2 is 1.81 bits per heavy atom. The second-order valence-corrected chi connectivity index (χ2v) is 8.60. The fraction of sp³-hybridized carbons (Fsp3) is 0.182. The molecule has 2 aromatic carbocycles. The number of aromatic nitrogens is 1. The van der Waals surface area contributed by atoms with Gasteiger partial charge in [0, 0.05) is 0 Å². The average molecular weight is 409 g/mol. The molecule has 0 aliphatic heterocycles. The molecule has 0 fully saturated rings. The van der Waals surface area contributed by atoms with Crippen LogP contribution in [0.1, 0.15) is 28.5 Å². The number of pyridine rings is 1. The molecule has 3 nitrogen and oxygen atoms in total. The van der Waals surface area contributed by atoms with Gasteiger partial charge in [0.05, 0.1) is 0 Å². The van der Waals surface area contributed by atoms with Crippen molar-refractivity contribution in [3.05, 3.63) is 89.7 Å². The third kappa shape index (κ3) is 4.81. The van der Waals surface area contributed by atoms with E-state index in [4.69, 9.17) is 0 Å². The van der Waals surface area contributed by atoms with Gasteiger partial charge in [-0.25, -0.2) is 0 Å². The van der Waals surface area contributed by atoms with E-state index >= 15 is 0 Å². The molecule has 0 bridgehead atoms. The summed E-state index contributed by atoms with van der Waals surface area (Å²) in [5.74, 6) is -0.123. The van der Waals surface area contributed by atoms with Gasteiger partial charge in [0.15, 0.2) is 0 Å². The van der Waals surface area contributed by atoms with Gasteiger partial charge in [0.2, 0.25) is 0 Å². The van der Waals surface area contributed by atoms with E-state index in [1.807, 2.05) is 25.1 Å². The molecule has 4 heteroatoms. The van der Waals surface area contributed by atoms with Crippen molar-refractivity contribution in [3.63, 3.8) is 0 Å². The van der Waals surface area contributed by atoms with Crippen LogP contribution in [0, 0.1) is 6.92 Å². The van der Waals surface area contributed by atoms with E-state index in [9.17, 15) is 4.79 Å². The van der Waals surface area contributed by atoms with Crippen molar-refractivity contribution in [2.24, 2.45) is 0 Å². The van der Waals surface area contributed by atoms with Gasteiger partial charge in [-0.3, -0.25) is 0 Å². The Morgan fingerprint density at radius 3 is 2.54 bits per heavy atom. The number of rotatable bonds is 6. The van der Waals surface area contributed by atoms with Crippen LogP contribution < -0.4 is 14.2 Å². The number of hydrogen-bond donors (Lipinski definition) is 1. The molecule has 0 aliphatic carbocycles. The van der Waals surface area contributed by atoms with Crippen LogP contribution >= 0.6 is 0 Å². The first kappa shape index (κ1) is 18.4. The van der Waals surface area contributed by atoms with E-state index in [-0.39, 0.29) is 26.9 Å². The number of aryl methyl sites for hydroxylation is 1. The number of nitrogens with one attached hydrogen (secondary N) is 1. The van der Waals surface area contributed by atoms with E-state index in [0.29, 0.717) is 5.69 Å². The molecule has 1 heterocycles. The van der Waals surface area contributed by atoms with Gasteiger partial charge in [-0.2, -0.15) is 0 Å². The Hall–Kier alpha value is -2.42. The van der Waals surface area contributed by atoms with Gasteiger partial charge in [-0.1, -0.05) is 0 Å². The topological polar surface area (TPSA) is 42.0 Å². The first-order valence-corrected chi connectivity index (χ1v) is 10.4. The number of carbonyl (C=O) groups is 1. The van der Waals surface area contributed by atoms with Crippen LogP contribution in [-0.2, 0) is 6.42 Å². The predicted molar refractivity (Wildman–Crippen MR) is 108 cm³/mol. The molecule has 26 heavy (non-hydrogen) atoms. The molecule has 132 valence electrons. The van der Waals surface area contributed by atoms with Gasteiger partial charge in [0.25, 0.3) is 0 Å². The van der Waals surface area contributed by atoms with Crippen molar-refractivity contribution in [1.29, 1.82) is 0 Å².